The third kappa shape index (κ3) is 3.49. The van der Waals surface area contributed by atoms with Crippen molar-refractivity contribution in [3.05, 3.63) is 29.6 Å². The summed E-state index contributed by atoms with van der Waals surface area (Å²) in [6, 6.07) is 3.47. The number of nitrogens with one attached hydrogen (secondary N) is 1. The van der Waals surface area contributed by atoms with Crippen LogP contribution in [0.2, 0.25) is 0 Å². The number of hydrogen-bond acceptors (Lipinski definition) is 3. The van der Waals surface area contributed by atoms with Crippen LogP contribution in [0.3, 0.4) is 0 Å². The van der Waals surface area contributed by atoms with Gasteiger partial charge in [0.05, 0.1) is 12.6 Å². The van der Waals surface area contributed by atoms with E-state index < -0.39 is 5.82 Å². The summed E-state index contributed by atoms with van der Waals surface area (Å²) in [5.41, 5.74) is 0.559. The quantitative estimate of drug-likeness (QED) is 0.695. The highest BCUT2D eigenvalue weighted by Crippen LogP contribution is 2.20. The molecular weight excluding hydrogens is 197 g/mol. The first-order chi connectivity index (χ1) is 7.17. The summed E-state index contributed by atoms with van der Waals surface area (Å²) in [4.78, 5) is 0. The second-order valence-electron chi connectivity index (χ2n) is 3.43. The summed E-state index contributed by atoms with van der Waals surface area (Å²) in [6.45, 7) is 2.62. The first-order valence-electron chi connectivity index (χ1n) is 5.01. The second-order valence-corrected chi connectivity index (χ2v) is 3.43. The van der Waals surface area contributed by atoms with E-state index in [1.807, 2.05) is 6.92 Å². The van der Waals surface area contributed by atoms with Gasteiger partial charge in [-0.15, -0.1) is 0 Å². The standard InChI is InChI=1S/C11H16FNO2/c1-2-3-13-11(7-14)8-4-9(12)6-10(15)5-8/h4-6,11,13-15H,2-3,7H2,1H3. The van der Waals surface area contributed by atoms with Crippen LogP contribution in [0.15, 0.2) is 18.2 Å². The Morgan fingerprint density at radius 2 is 2.13 bits per heavy atom. The van der Waals surface area contributed by atoms with Crippen molar-refractivity contribution in [2.75, 3.05) is 13.2 Å². The lowest BCUT2D eigenvalue weighted by molar-refractivity contribution is 0.244. The van der Waals surface area contributed by atoms with Crippen LogP contribution in [0.4, 0.5) is 4.39 Å². The summed E-state index contributed by atoms with van der Waals surface area (Å²) >= 11 is 0. The van der Waals surface area contributed by atoms with Gasteiger partial charge in [0.15, 0.2) is 0 Å². The van der Waals surface area contributed by atoms with E-state index in [0.717, 1.165) is 19.0 Å². The number of phenols is 1. The highest BCUT2D eigenvalue weighted by atomic mass is 19.1. The van der Waals surface area contributed by atoms with Gasteiger partial charge >= 0.3 is 0 Å². The first kappa shape index (κ1) is 11.9. The molecule has 0 aliphatic heterocycles. The van der Waals surface area contributed by atoms with Crippen molar-refractivity contribution in [3.8, 4) is 5.75 Å². The molecule has 0 aliphatic rings. The van der Waals surface area contributed by atoms with Crippen LogP contribution in [0.25, 0.3) is 0 Å². The smallest absolute Gasteiger partial charge is 0.127 e. The predicted molar refractivity (Wildman–Crippen MR) is 56.2 cm³/mol. The van der Waals surface area contributed by atoms with Crippen molar-refractivity contribution in [3.63, 3.8) is 0 Å². The average molecular weight is 213 g/mol. The van der Waals surface area contributed by atoms with E-state index in [1.54, 1.807) is 0 Å². The van der Waals surface area contributed by atoms with Crippen molar-refractivity contribution in [1.29, 1.82) is 0 Å². The third-order valence-corrected chi connectivity index (χ3v) is 2.13. The van der Waals surface area contributed by atoms with E-state index in [9.17, 15) is 9.50 Å². The van der Waals surface area contributed by atoms with E-state index in [-0.39, 0.29) is 18.4 Å². The monoisotopic (exact) mass is 213 g/mol. The Balaban J connectivity index is 2.81. The van der Waals surface area contributed by atoms with E-state index in [2.05, 4.69) is 5.32 Å². The minimum absolute atomic E-state index is 0.122. The zero-order chi connectivity index (χ0) is 11.3. The minimum Gasteiger partial charge on any atom is -0.508 e. The van der Waals surface area contributed by atoms with Gasteiger partial charge in [-0.3, -0.25) is 0 Å². The molecule has 1 aromatic carbocycles. The molecule has 0 fully saturated rings. The summed E-state index contributed by atoms with van der Waals surface area (Å²) in [5.74, 6) is -0.622. The molecule has 1 aromatic rings. The lowest BCUT2D eigenvalue weighted by Gasteiger charge is -2.16. The van der Waals surface area contributed by atoms with Crippen LogP contribution < -0.4 is 5.32 Å². The highest BCUT2D eigenvalue weighted by Gasteiger charge is 2.11. The van der Waals surface area contributed by atoms with Gasteiger partial charge in [0.2, 0.25) is 0 Å². The number of phenolic OH excluding ortho intramolecular Hbond substituents is 1. The number of hydrogen-bond donors (Lipinski definition) is 3. The summed E-state index contributed by atoms with van der Waals surface area (Å²) in [6.07, 6.45) is 0.928. The number of aliphatic hydroxyl groups excluding tert-OH is 1. The van der Waals surface area contributed by atoms with Gasteiger partial charge in [0.1, 0.15) is 11.6 Å². The van der Waals surface area contributed by atoms with E-state index in [4.69, 9.17) is 5.11 Å². The fourth-order valence-electron chi connectivity index (χ4n) is 1.40. The Bertz CT molecular complexity index is 297. The molecule has 0 aliphatic carbocycles. The zero-order valence-corrected chi connectivity index (χ0v) is 8.70. The molecular formula is C11H16FNO2. The lowest BCUT2D eigenvalue weighted by Crippen LogP contribution is -2.25. The van der Waals surface area contributed by atoms with Crippen LogP contribution >= 0.6 is 0 Å². The van der Waals surface area contributed by atoms with E-state index in [1.165, 1.54) is 12.1 Å². The summed E-state index contributed by atoms with van der Waals surface area (Å²) in [7, 11) is 0. The van der Waals surface area contributed by atoms with Gasteiger partial charge < -0.3 is 15.5 Å². The molecule has 0 amide bonds. The number of aromatic hydroxyl groups is 1. The molecule has 3 nitrogen and oxygen atoms in total. The van der Waals surface area contributed by atoms with Crippen LogP contribution in [0.5, 0.6) is 5.75 Å². The second kappa shape index (κ2) is 5.68. The molecule has 4 heteroatoms. The summed E-state index contributed by atoms with van der Waals surface area (Å²) < 4.78 is 13.0. The van der Waals surface area contributed by atoms with Crippen LogP contribution in [-0.4, -0.2) is 23.4 Å². The predicted octanol–water partition coefficient (Wildman–Crippen LogP) is 1.56. The molecule has 0 heterocycles. The fourth-order valence-corrected chi connectivity index (χ4v) is 1.40. The molecule has 15 heavy (non-hydrogen) atoms. The van der Waals surface area contributed by atoms with Gasteiger partial charge in [-0.25, -0.2) is 4.39 Å². The normalized spacial score (nSPS) is 12.7. The maximum absolute atomic E-state index is 13.0. The largest absolute Gasteiger partial charge is 0.508 e. The molecule has 0 radical (unpaired) electrons. The Hall–Kier alpha value is -1.13. The minimum atomic E-state index is -0.498. The number of benzene rings is 1. The molecule has 1 atom stereocenters. The molecule has 84 valence electrons. The van der Waals surface area contributed by atoms with Crippen molar-refractivity contribution >= 4 is 0 Å². The Kier molecular flexibility index (Phi) is 4.52. The molecule has 0 bridgehead atoms. The Morgan fingerprint density at radius 1 is 1.40 bits per heavy atom. The van der Waals surface area contributed by atoms with Crippen molar-refractivity contribution in [2.24, 2.45) is 0 Å². The Labute approximate surface area is 88.6 Å². The molecule has 0 aromatic heterocycles. The number of halogens is 1. The fraction of sp³-hybridized carbons (Fsp3) is 0.455. The van der Waals surface area contributed by atoms with Crippen molar-refractivity contribution in [2.45, 2.75) is 19.4 Å². The van der Waals surface area contributed by atoms with Gasteiger partial charge in [0, 0.05) is 6.07 Å². The molecule has 0 spiro atoms. The molecule has 0 saturated carbocycles. The van der Waals surface area contributed by atoms with Gasteiger partial charge in [-0.2, -0.15) is 0 Å². The van der Waals surface area contributed by atoms with Gasteiger partial charge in [-0.1, -0.05) is 6.92 Å². The van der Waals surface area contributed by atoms with E-state index in [0.29, 0.717) is 5.56 Å². The van der Waals surface area contributed by atoms with Crippen LogP contribution in [0, 0.1) is 5.82 Å². The topological polar surface area (TPSA) is 52.5 Å². The first-order valence-corrected chi connectivity index (χ1v) is 5.01. The van der Waals surface area contributed by atoms with Crippen LogP contribution in [0.1, 0.15) is 24.9 Å². The maximum atomic E-state index is 13.0. The molecule has 3 N–H and O–H groups in total. The van der Waals surface area contributed by atoms with Crippen LogP contribution in [-0.2, 0) is 0 Å². The number of rotatable bonds is 5. The van der Waals surface area contributed by atoms with Crippen molar-refractivity contribution in [1.82, 2.24) is 5.32 Å². The van der Waals surface area contributed by atoms with Gasteiger partial charge in [-0.05, 0) is 30.7 Å². The zero-order valence-electron chi connectivity index (χ0n) is 8.70. The highest BCUT2D eigenvalue weighted by molar-refractivity contribution is 5.30. The maximum Gasteiger partial charge on any atom is 0.127 e. The Morgan fingerprint density at radius 3 is 2.67 bits per heavy atom. The SMILES string of the molecule is CCCNC(CO)c1cc(O)cc(F)c1. The van der Waals surface area contributed by atoms with E-state index >= 15 is 0 Å². The van der Waals surface area contributed by atoms with Gasteiger partial charge in [0.25, 0.3) is 0 Å². The third-order valence-electron chi connectivity index (χ3n) is 2.13. The molecule has 1 rings (SSSR count). The molecule has 0 saturated heterocycles. The average Bonchev–Trinajstić information content (AvgIpc) is 2.17. The van der Waals surface area contributed by atoms with Crippen molar-refractivity contribution < 1.29 is 14.6 Å². The molecule has 1 unspecified atom stereocenters. The lowest BCUT2D eigenvalue weighted by atomic mass is 10.1. The summed E-state index contributed by atoms with van der Waals surface area (Å²) in [5, 5.41) is 21.4. The number of aliphatic hydroxyl groups is 1.